The summed E-state index contributed by atoms with van der Waals surface area (Å²) in [6.07, 6.45) is 6.93. The topological polar surface area (TPSA) is 79.3 Å². The second-order valence-corrected chi connectivity index (χ2v) is 5.60. The zero-order valence-electron chi connectivity index (χ0n) is 12.3. The highest BCUT2D eigenvalue weighted by molar-refractivity contribution is 5.94. The highest BCUT2D eigenvalue weighted by Crippen LogP contribution is 2.27. The van der Waals surface area contributed by atoms with Crippen molar-refractivity contribution in [2.45, 2.75) is 51.5 Å². The molecule has 1 heterocycles. The van der Waals surface area contributed by atoms with E-state index in [1.807, 2.05) is 0 Å². The van der Waals surface area contributed by atoms with Crippen LogP contribution >= 0.6 is 0 Å². The Morgan fingerprint density at radius 2 is 1.95 bits per heavy atom. The molecule has 0 spiro atoms. The maximum absolute atomic E-state index is 12.3. The molecule has 21 heavy (non-hydrogen) atoms. The highest BCUT2D eigenvalue weighted by Gasteiger charge is 2.24. The zero-order chi connectivity index (χ0) is 15.2. The van der Waals surface area contributed by atoms with Crippen LogP contribution in [0.3, 0.4) is 0 Å². The van der Waals surface area contributed by atoms with Gasteiger partial charge in [-0.15, -0.1) is 0 Å². The zero-order valence-corrected chi connectivity index (χ0v) is 12.3. The lowest BCUT2D eigenvalue weighted by Gasteiger charge is -2.30. The van der Waals surface area contributed by atoms with Crippen molar-refractivity contribution >= 4 is 11.9 Å². The average molecular weight is 290 g/mol. The molecule has 0 aliphatic heterocycles. The van der Waals surface area contributed by atoms with Gasteiger partial charge in [-0.25, -0.2) is 9.78 Å². The molecule has 1 aliphatic rings. The predicted octanol–water partition coefficient (Wildman–Crippen LogP) is 2.87. The van der Waals surface area contributed by atoms with Crippen molar-refractivity contribution in [3.05, 3.63) is 29.6 Å². The molecule has 2 rings (SSSR count). The van der Waals surface area contributed by atoms with Gasteiger partial charge in [0.25, 0.3) is 5.91 Å². The summed E-state index contributed by atoms with van der Waals surface area (Å²) in [5.41, 5.74) is 0.0672. The lowest BCUT2D eigenvalue weighted by Crippen LogP contribution is -2.41. The van der Waals surface area contributed by atoms with Crippen molar-refractivity contribution in [2.24, 2.45) is 5.92 Å². The molecular formula is C16H22N2O3. The van der Waals surface area contributed by atoms with Crippen LogP contribution in [0.2, 0.25) is 0 Å². The lowest BCUT2D eigenvalue weighted by molar-refractivity contribution is 0.0690. The van der Waals surface area contributed by atoms with Crippen LogP contribution in [0.25, 0.3) is 0 Å². The number of carbonyl (C=O) groups is 2. The van der Waals surface area contributed by atoms with Crippen molar-refractivity contribution in [1.82, 2.24) is 10.3 Å². The molecule has 1 aliphatic carbocycles. The first kappa shape index (κ1) is 15.5. The van der Waals surface area contributed by atoms with Gasteiger partial charge in [0.15, 0.2) is 0 Å². The largest absolute Gasteiger partial charge is 0.477 e. The third-order valence-electron chi connectivity index (χ3n) is 4.18. The number of pyridine rings is 1. The van der Waals surface area contributed by atoms with E-state index in [0.717, 1.165) is 19.3 Å². The van der Waals surface area contributed by atoms with Gasteiger partial charge in [-0.2, -0.15) is 0 Å². The van der Waals surface area contributed by atoms with Gasteiger partial charge in [0, 0.05) is 6.04 Å². The molecule has 1 atom stereocenters. The predicted molar refractivity (Wildman–Crippen MR) is 79.3 cm³/mol. The second kappa shape index (κ2) is 7.20. The summed E-state index contributed by atoms with van der Waals surface area (Å²) in [6.45, 7) is 2.07. The summed E-state index contributed by atoms with van der Waals surface area (Å²) in [6, 6.07) is 4.63. The minimum atomic E-state index is -1.12. The number of carbonyl (C=O) groups excluding carboxylic acids is 1. The van der Waals surface area contributed by atoms with Gasteiger partial charge in [-0.1, -0.05) is 32.3 Å². The first-order chi connectivity index (χ1) is 10.1. The minimum absolute atomic E-state index is 0.103. The van der Waals surface area contributed by atoms with Gasteiger partial charge < -0.3 is 10.4 Å². The Bertz CT molecular complexity index is 510. The Balaban J connectivity index is 2.04. The minimum Gasteiger partial charge on any atom is -0.477 e. The van der Waals surface area contributed by atoms with E-state index < -0.39 is 5.97 Å². The number of nitrogens with zero attached hydrogens (tertiary/aromatic N) is 1. The van der Waals surface area contributed by atoms with Gasteiger partial charge in [-0.3, -0.25) is 4.79 Å². The summed E-state index contributed by atoms with van der Waals surface area (Å²) in [5, 5.41) is 12.0. The van der Waals surface area contributed by atoms with Gasteiger partial charge in [0.1, 0.15) is 11.4 Å². The molecule has 2 N–H and O–H groups in total. The molecule has 114 valence electrons. The van der Waals surface area contributed by atoms with E-state index in [-0.39, 0.29) is 23.3 Å². The van der Waals surface area contributed by atoms with Crippen LogP contribution in [0.15, 0.2) is 18.2 Å². The number of carboxylic acid groups (broad SMARTS) is 1. The summed E-state index contributed by atoms with van der Waals surface area (Å²) < 4.78 is 0. The number of aromatic nitrogens is 1. The van der Waals surface area contributed by atoms with Crippen LogP contribution < -0.4 is 5.32 Å². The molecule has 1 unspecified atom stereocenters. The molecule has 1 amide bonds. The number of amides is 1. The van der Waals surface area contributed by atoms with E-state index >= 15 is 0 Å². The summed E-state index contributed by atoms with van der Waals surface area (Å²) >= 11 is 0. The number of nitrogens with one attached hydrogen (secondary N) is 1. The van der Waals surface area contributed by atoms with E-state index in [2.05, 4.69) is 17.2 Å². The highest BCUT2D eigenvalue weighted by atomic mass is 16.4. The van der Waals surface area contributed by atoms with E-state index in [1.54, 1.807) is 12.1 Å². The number of rotatable bonds is 5. The molecule has 5 heteroatoms. The normalized spacial score (nSPS) is 17.2. The number of hydrogen-bond acceptors (Lipinski definition) is 3. The van der Waals surface area contributed by atoms with E-state index in [4.69, 9.17) is 5.11 Å². The number of aromatic carboxylic acids is 1. The van der Waals surface area contributed by atoms with Crippen LogP contribution in [-0.4, -0.2) is 28.0 Å². The fourth-order valence-electron chi connectivity index (χ4n) is 3.01. The van der Waals surface area contributed by atoms with Gasteiger partial charge in [-0.05, 0) is 37.3 Å². The third-order valence-corrected chi connectivity index (χ3v) is 4.18. The molecule has 0 saturated heterocycles. The summed E-state index contributed by atoms with van der Waals surface area (Å²) in [5.74, 6) is -0.880. The monoisotopic (exact) mass is 290 g/mol. The van der Waals surface area contributed by atoms with Crippen molar-refractivity contribution in [2.75, 3.05) is 0 Å². The van der Waals surface area contributed by atoms with Crippen LogP contribution in [0.1, 0.15) is 66.4 Å². The Hall–Kier alpha value is -1.91. The van der Waals surface area contributed by atoms with Gasteiger partial charge in [0.2, 0.25) is 0 Å². The number of carboxylic acids is 1. The van der Waals surface area contributed by atoms with Gasteiger partial charge in [0.05, 0.1) is 0 Å². The lowest BCUT2D eigenvalue weighted by atomic mass is 9.83. The third kappa shape index (κ3) is 4.03. The molecule has 0 radical (unpaired) electrons. The SMILES string of the molecule is CCC(NC(=O)c1cccc(C(=O)O)n1)C1CCCCC1. The fourth-order valence-corrected chi connectivity index (χ4v) is 3.01. The van der Waals surface area contributed by atoms with Crippen molar-refractivity contribution in [1.29, 1.82) is 0 Å². The average Bonchev–Trinajstić information content (AvgIpc) is 2.53. The van der Waals surface area contributed by atoms with Crippen LogP contribution in [0, 0.1) is 5.92 Å². The van der Waals surface area contributed by atoms with Crippen LogP contribution in [-0.2, 0) is 0 Å². The molecule has 1 aromatic rings. The van der Waals surface area contributed by atoms with E-state index in [0.29, 0.717) is 5.92 Å². The Kier molecular flexibility index (Phi) is 5.31. The van der Waals surface area contributed by atoms with Crippen molar-refractivity contribution < 1.29 is 14.7 Å². The molecule has 1 saturated carbocycles. The first-order valence-corrected chi connectivity index (χ1v) is 7.63. The van der Waals surface area contributed by atoms with E-state index in [1.165, 1.54) is 25.3 Å². The Labute approximate surface area is 124 Å². The molecule has 0 bridgehead atoms. The molecule has 0 aromatic carbocycles. The van der Waals surface area contributed by atoms with Crippen LogP contribution in [0.5, 0.6) is 0 Å². The second-order valence-electron chi connectivity index (χ2n) is 5.60. The van der Waals surface area contributed by atoms with Crippen molar-refractivity contribution in [3.63, 3.8) is 0 Å². The first-order valence-electron chi connectivity index (χ1n) is 7.63. The van der Waals surface area contributed by atoms with Gasteiger partial charge >= 0.3 is 5.97 Å². The Morgan fingerprint density at radius 1 is 1.29 bits per heavy atom. The van der Waals surface area contributed by atoms with Crippen molar-refractivity contribution in [3.8, 4) is 0 Å². The molecule has 5 nitrogen and oxygen atoms in total. The standard InChI is InChI=1S/C16H22N2O3/c1-2-12(11-7-4-3-5-8-11)18-15(19)13-9-6-10-14(17-13)16(20)21/h6,9-12H,2-5,7-8H2,1H3,(H,18,19)(H,20,21). The Morgan fingerprint density at radius 3 is 2.57 bits per heavy atom. The molecule has 1 fully saturated rings. The maximum Gasteiger partial charge on any atom is 0.354 e. The summed E-state index contributed by atoms with van der Waals surface area (Å²) in [7, 11) is 0. The molecule has 1 aromatic heterocycles. The summed E-state index contributed by atoms with van der Waals surface area (Å²) in [4.78, 5) is 27.1. The maximum atomic E-state index is 12.3. The smallest absolute Gasteiger partial charge is 0.354 e. The van der Waals surface area contributed by atoms with E-state index in [9.17, 15) is 9.59 Å². The molecular weight excluding hydrogens is 268 g/mol. The number of hydrogen-bond donors (Lipinski definition) is 2. The quantitative estimate of drug-likeness (QED) is 0.874. The fraction of sp³-hybridized carbons (Fsp3) is 0.562. The van der Waals surface area contributed by atoms with Crippen LogP contribution in [0.4, 0.5) is 0 Å².